The van der Waals surface area contributed by atoms with Gasteiger partial charge in [-0.3, -0.25) is 13.8 Å². The number of fused-ring (bicyclic) bond motifs is 2. The van der Waals surface area contributed by atoms with E-state index in [1.165, 1.54) is 26.6 Å². The summed E-state index contributed by atoms with van der Waals surface area (Å²) in [6, 6.07) is 2.10. The van der Waals surface area contributed by atoms with Gasteiger partial charge in [0.15, 0.2) is 5.78 Å². The van der Waals surface area contributed by atoms with Crippen LogP contribution in [0.15, 0.2) is 18.5 Å². The average Bonchev–Trinajstić information content (AvgIpc) is 3.48. The van der Waals surface area contributed by atoms with E-state index < -0.39 is 15.8 Å². The standard InChI is InChI=1S/C25H33N3O4S/c1-17-11-20(9-10-32-17)28(21-14-26-27(2)15-21)33(30,31)16-22(29)13-25-23-7-3-5-18(23)12-19-6-4-8-24(19)25/h12,14-15,17,20H,3-11,13,16H2,1-2H3/t17-,20?/m1/s1. The molecule has 178 valence electrons. The third-order valence-corrected chi connectivity index (χ3v) is 9.14. The van der Waals surface area contributed by atoms with E-state index in [-0.39, 0.29) is 24.3 Å². The molecule has 2 aromatic rings. The molecule has 0 N–H and O–H groups in total. The Balaban J connectivity index is 1.41. The Morgan fingerprint density at radius 2 is 1.88 bits per heavy atom. The van der Waals surface area contributed by atoms with Gasteiger partial charge in [0.25, 0.3) is 0 Å². The number of benzene rings is 1. The number of carbonyl (C=O) groups excluding carboxylic acids is 1. The summed E-state index contributed by atoms with van der Waals surface area (Å²) in [6.07, 6.45) is 11.0. The number of nitrogens with zero attached hydrogens (tertiary/aromatic N) is 3. The maximum Gasteiger partial charge on any atom is 0.242 e. The number of ketones is 1. The number of hydrogen-bond acceptors (Lipinski definition) is 5. The van der Waals surface area contributed by atoms with Gasteiger partial charge in [0.05, 0.1) is 18.0 Å². The van der Waals surface area contributed by atoms with Crippen LogP contribution in [0.2, 0.25) is 0 Å². The van der Waals surface area contributed by atoms with Crippen LogP contribution in [-0.2, 0) is 58.7 Å². The molecule has 0 radical (unpaired) electrons. The summed E-state index contributed by atoms with van der Waals surface area (Å²) >= 11 is 0. The first-order valence-electron chi connectivity index (χ1n) is 12.1. The van der Waals surface area contributed by atoms with Crippen LogP contribution in [-0.4, -0.2) is 48.5 Å². The second kappa shape index (κ2) is 8.87. The van der Waals surface area contributed by atoms with E-state index in [2.05, 4.69) is 11.2 Å². The number of hydrogen-bond donors (Lipinski definition) is 0. The van der Waals surface area contributed by atoms with Gasteiger partial charge in [-0.05, 0) is 86.1 Å². The minimum absolute atomic E-state index is 0.0247. The highest BCUT2D eigenvalue weighted by molar-refractivity contribution is 7.93. The van der Waals surface area contributed by atoms with Crippen molar-refractivity contribution >= 4 is 21.5 Å². The van der Waals surface area contributed by atoms with Gasteiger partial charge in [-0.25, -0.2) is 8.42 Å². The van der Waals surface area contributed by atoms with E-state index in [4.69, 9.17) is 4.74 Å². The number of Topliss-reactive ketones (excluding diaryl/α,β-unsaturated/α-hetero) is 1. The van der Waals surface area contributed by atoms with Gasteiger partial charge in [0, 0.05) is 32.3 Å². The normalized spacial score (nSPS) is 22.2. The quantitative estimate of drug-likeness (QED) is 0.620. The minimum Gasteiger partial charge on any atom is -0.378 e. The van der Waals surface area contributed by atoms with E-state index >= 15 is 0 Å². The van der Waals surface area contributed by atoms with Gasteiger partial charge in [-0.15, -0.1) is 0 Å². The lowest BCUT2D eigenvalue weighted by atomic mass is 9.91. The van der Waals surface area contributed by atoms with Gasteiger partial charge in [0.1, 0.15) is 5.75 Å². The molecule has 1 aromatic heterocycles. The van der Waals surface area contributed by atoms with Crippen molar-refractivity contribution in [2.75, 3.05) is 16.7 Å². The number of aryl methyl sites for hydroxylation is 3. The molecule has 1 fully saturated rings. The molecule has 33 heavy (non-hydrogen) atoms. The van der Waals surface area contributed by atoms with Crippen molar-refractivity contribution in [3.63, 3.8) is 0 Å². The number of anilines is 1. The van der Waals surface area contributed by atoms with E-state index in [1.54, 1.807) is 24.1 Å². The Kier molecular flexibility index (Phi) is 6.07. The molecule has 1 aliphatic heterocycles. The molecule has 7 nitrogen and oxygen atoms in total. The lowest BCUT2D eigenvalue weighted by molar-refractivity contribution is -0.116. The maximum atomic E-state index is 13.6. The molecule has 0 saturated carbocycles. The molecule has 0 amide bonds. The zero-order chi connectivity index (χ0) is 23.2. The molecule has 2 heterocycles. The van der Waals surface area contributed by atoms with Crippen LogP contribution in [0, 0.1) is 0 Å². The largest absolute Gasteiger partial charge is 0.378 e. The summed E-state index contributed by atoms with van der Waals surface area (Å²) in [5.41, 5.74) is 7.01. The smallest absolute Gasteiger partial charge is 0.242 e. The Morgan fingerprint density at radius 1 is 1.18 bits per heavy atom. The molecular weight excluding hydrogens is 438 g/mol. The Hall–Kier alpha value is -2.19. The lowest BCUT2D eigenvalue weighted by Crippen LogP contribution is -2.47. The van der Waals surface area contributed by atoms with Crippen LogP contribution in [0.1, 0.15) is 60.4 Å². The topological polar surface area (TPSA) is 81.5 Å². The van der Waals surface area contributed by atoms with Crippen molar-refractivity contribution in [2.45, 2.75) is 76.9 Å². The summed E-state index contributed by atoms with van der Waals surface area (Å²) in [6.45, 7) is 2.47. The summed E-state index contributed by atoms with van der Waals surface area (Å²) in [5.74, 6) is -0.704. The molecule has 5 rings (SSSR count). The molecule has 1 saturated heterocycles. The first-order valence-corrected chi connectivity index (χ1v) is 13.7. The van der Waals surface area contributed by atoms with Gasteiger partial charge < -0.3 is 4.74 Å². The first kappa shape index (κ1) is 22.6. The second-order valence-electron chi connectivity index (χ2n) is 9.84. The number of carbonyl (C=O) groups is 1. The maximum absolute atomic E-state index is 13.6. The Bertz CT molecular complexity index is 1140. The highest BCUT2D eigenvalue weighted by Gasteiger charge is 2.36. The first-order chi connectivity index (χ1) is 15.8. The summed E-state index contributed by atoms with van der Waals surface area (Å²) in [4.78, 5) is 13.3. The summed E-state index contributed by atoms with van der Waals surface area (Å²) < 4.78 is 36.0. The SMILES string of the molecule is C[C@@H]1CC(N(c2cnn(C)c2)S(=O)(=O)CC(=O)Cc2c3c(cc4c2CCC4)CCC3)CCO1. The molecule has 2 atom stereocenters. The van der Waals surface area contributed by atoms with Crippen molar-refractivity contribution in [1.29, 1.82) is 0 Å². The zero-order valence-electron chi connectivity index (χ0n) is 19.5. The molecule has 1 unspecified atom stereocenters. The number of ether oxygens (including phenoxy) is 1. The third kappa shape index (κ3) is 4.47. The van der Waals surface area contributed by atoms with Crippen LogP contribution in [0.3, 0.4) is 0 Å². The van der Waals surface area contributed by atoms with E-state index in [0.717, 1.165) is 44.1 Å². The number of aromatic nitrogens is 2. The van der Waals surface area contributed by atoms with Crippen molar-refractivity contribution in [2.24, 2.45) is 7.05 Å². The fourth-order valence-electron chi connectivity index (χ4n) is 5.98. The zero-order valence-corrected chi connectivity index (χ0v) is 20.4. The fourth-order valence-corrected chi connectivity index (χ4v) is 7.69. The van der Waals surface area contributed by atoms with Crippen LogP contribution in [0.4, 0.5) is 5.69 Å². The highest BCUT2D eigenvalue weighted by atomic mass is 32.2. The summed E-state index contributed by atoms with van der Waals surface area (Å²) in [7, 11) is -2.09. The van der Waals surface area contributed by atoms with Gasteiger partial charge in [-0.1, -0.05) is 6.07 Å². The van der Waals surface area contributed by atoms with Crippen LogP contribution >= 0.6 is 0 Å². The van der Waals surface area contributed by atoms with Crippen molar-refractivity contribution in [3.05, 3.63) is 46.3 Å². The number of sulfonamides is 1. The van der Waals surface area contributed by atoms with Crippen molar-refractivity contribution in [3.8, 4) is 0 Å². The summed E-state index contributed by atoms with van der Waals surface area (Å²) in [5, 5.41) is 4.18. The molecule has 1 aromatic carbocycles. The predicted molar refractivity (Wildman–Crippen MR) is 127 cm³/mol. The fraction of sp³-hybridized carbons (Fsp3) is 0.600. The van der Waals surface area contributed by atoms with Gasteiger partial charge in [-0.2, -0.15) is 5.10 Å². The third-order valence-electron chi connectivity index (χ3n) is 7.35. The predicted octanol–water partition coefficient (Wildman–Crippen LogP) is 2.91. The molecular formula is C25H33N3O4S. The van der Waals surface area contributed by atoms with Gasteiger partial charge in [0.2, 0.25) is 10.0 Å². The molecule has 0 bridgehead atoms. The molecule has 8 heteroatoms. The lowest BCUT2D eigenvalue weighted by Gasteiger charge is -2.36. The Morgan fingerprint density at radius 3 is 2.48 bits per heavy atom. The molecule has 3 aliphatic rings. The number of rotatable bonds is 7. The van der Waals surface area contributed by atoms with Crippen LogP contribution in [0.25, 0.3) is 0 Å². The van der Waals surface area contributed by atoms with E-state index in [1.807, 2.05) is 6.92 Å². The highest BCUT2D eigenvalue weighted by Crippen LogP contribution is 2.36. The Labute approximate surface area is 196 Å². The monoisotopic (exact) mass is 471 g/mol. The van der Waals surface area contributed by atoms with E-state index in [0.29, 0.717) is 25.1 Å². The minimum atomic E-state index is -3.86. The van der Waals surface area contributed by atoms with Crippen LogP contribution < -0.4 is 4.31 Å². The molecule has 2 aliphatic carbocycles. The second-order valence-corrected chi connectivity index (χ2v) is 11.7. The van der Waals surface area contributed by atoms with Crippen molar-refractivity contribution in [1.82, 2.24) is 9.78 Å². The van der Waals surface area contributed by atoms with Gasteiger partial charge >= 0.3 is 0 Å². The van der Waals surface area contributed by atoms with E-state index in [9.17, 15) is 13.2 Å². The van der Waals surface area contributed by atoms with Crippen molar-refractivity contribution < 1.29 is 17.9 Å². The van der Waals surface area contributed by atoms with Crippen LogP contribution in [0.5, 0.6) is 0 Å². The average molecular weight is 472 g/mol. The molecule has 0 spiro atoms.